The number of carbonyl (C=O) groups is 2. The Morgan fingerprint density at radius 2 is 1.77 bits per heavy atom. The summed E-state index contributed by atoms with van der Waals surface area (Å²) >= 11 is 12.6. The second-order valence-electron chi connectivity index (χ2n) is 13.8. The number of amides is 1. The van der Waals surface area contributed by atoms with E-state index in [4.69, 9.17) is 32.7 Å². The van der Waals surface area contributed by atoms with Crippen molar-refractivity contribution < 1.29 is 23.5 Å². The van der Waals surface area contributed by atoms with E-state index < -0.39 is 0 Å². The van der Waals surface area contributed by atoms with Crippen molar-refractivity contribution in [2.24, 2.45) is 5.92 Å². The molecule has 8 nitrogen and oxygen atoms in total. The summed E-state index contributed by atoms with van der Waals surface area (Å²) in [6.07, 6.45) is 12.5. The SMILES string of the molecule is CC=CC=Cc1cnc(C(=O)C2CCN(CCC3(c4ccc5c(c4)OCO5)CCN(C(=O)c4ccc(Cl)cc4Cl)C3)CC2)n1Cc1ccc(F)cc1. The number of ether oxygens (including phenoxy) is 2. The third-order valence-electron chi connectivity index (χ3n) is 10.6. The third-order valence-corrected chi connectivity index (χ3v) is 11.1. The van der Waals surface area contributed by atoms with Crippen LogP contribution >= 0.6 is 23.2 Å². The van der Waals surface area contributed by atoms with Gasteiger partial charge in [0.2, 0.25) is 12.6 Å². The summed E-state index contributed by atoms with van der Waals surface area (Å²) in [6, 6.07) is 17.5. The Balaban J connectivity index is 1.04. The maximum absolute atomic E-state index is 14.0. The fourth-order valence-corrected chi connectivity index (χ4v) is 8.07. The van der Waals surface area contributed by atoms with Crippen LogP contribution < -0.4 is 9.47 Å². The van der Waals surface area contributed by atoms with Crippen LogP contribution in [0.25, 0.3) is 6.08 Å². The molecule has 0 radical (unpaired) electrons. The molecule has 7 rings (SSSR count). The largest absolute Gasteiger partial charge is 0.454 e. The van der Waals surface area contributed by atoms with Crippen molar-refractivity contribution in [2.45, 2.75) is 44.6 Å². The number of Topliss-reactive ketones (excluding diaryl/α,β-unsaturated/α-hetero) is 1. The number of halogens is 3. The zero-order valence-electron chi connectivity index (χ0n) is 29.1. The maximum atomic E-state index is 14.0. The van der Waals surface area contributed by atoms with E-state index >= 15 is 0 Å². The molecule has 52 heavy (non-hydrogen) atoms. The van der Waals surface area contributed by atoms with E-state index in [-0.39, 0.29) is 35.6 Å². The highest BCUT2D eigenvalue weighted by atomic mass is 35.5. The lowest BCUT2D eigenvalue weighted by Gasteiger charge is -2.36. The number of hydrogen-bond donors (Lipinski definition) is 0. The highest BCUT2D eigenvalue weighted by Crippen LogP contribution is 2.43. The molecule has 3 aromatic carbocycles. The van der Waals surface area contributed by atoms with Crippen LogP contribution in [-0.4, -0.2) is 70.6 Å². The zero-order valence-corrected chi connectivity index (χ0v) is 30.6. The summed E-state index contributed by atoms with van der Waals surface area (Å²) in [6.45, 7) is 6.08. The number of allylic oxidation sites excluding steroid dienone is 3. The molecule has 11 heteroatoms. The lowest BCUT2D eigenvalue weighted by Crippen LogP contribution is -2.41. The van der Waals surface area contributed by atoms with Gasteiger partial charge in [0.1, 0.15) is 5.82 Å². The number of piperidine rings is 1. The summed E-state index contributed by atoms with van der Waals surface area (Å²) in [5.74, 6) is 1.36. The van der Waals surface area contributed by atoms with Gasteiger partial charge in [-0.25, -0.2) is 9.37 Å². The molecule has 2 saturated heterocycles. The third kappa shape index (κ3) is 7.68. The molecule has 1 atom stereocenters. The molecule has 2 fully saturated rings. The second-order valence-corrected chi connectivity index (χ2v) is 14.6. The van der Waals surface area contributed by atoms with Gasteiger partial charge in [-0.1, -0.05) is 59.6 Å². The van der Waals surface area contributed by atoms with Crippen LogP contribution in [0.4, 0.5) is 4.39 Å². The van der Waals surface area contributed by atoms with Crippen LogP contribution in [0, 0.1) is 11.7 Å². The van der Waals surface area contributed by atoms with E-state index in [1.807, 2.05) is 46.8 Å². The van der Waals surface area contributed by atoms with Gasteiger partial charge in [-0.15, -0.1) is 0 Å². The smallest absolute Gasteiger partial charge is 0.255 e. The molecule has 3 aliphatic heterocycles. The van der Waals surface area contributed by atoms with Gasteiger partial charge >= 0.3 is 0 Å². The second kappa shape index (κ2) is 15.7. The Kier molecular flexibility index (Phi) is 10.8. The average molecular weight is 744 g/mol. The molecule has 1 unspecified atom stereocenters. The lowest BCUT2D eigenvalue weighted by molar-refractivity contribution is 0.0778. The minimum atomic E-state index is -0.301. The van der Waals surface area contributed by atoms with Crippen LogP contribution in [0.1, 0.15) is 70.4 Å². The predicted octanol–water partition coefficient (Wildman–Crippen LogP) is 8.46. The Hall–Kier alpha value is -4.44. The topological polar surface area (TPSA) is 76.9 Å². The number of fused-ring (bicyclic) bond motifs is 1. The fourth-order valence-electron chi connectivity index (χ4n) is 7.59. The number of nitrogens with zero attached hydrogens (tertiary/aromatic N) is 4. The number of carbonyl (C=O) groups excluding carboxylic acids is 2. The zero-order chi connectivity index (χ0) is 36.2. The monoisotopic (exact) mass is 742 g/mol. The van der Waals surface area contributed by atoms with Gasteiger partial charge in [-0.2, -0.15) is 0 Å². The number of imidazole rings is 1. The first-order valence-corrected chi connectivity index (χ1v) is 18.5. The summed E-state index contributed by atoms with van der Waals surface area (Å²) in [4.78, 5) is 36.6. The molecule has 0 saturated carbocycles. The first-order valence-electron chi connectivity index (χ1n) is 17.7. The van der Waals surface area contributed by atoms with Gasteiger partial charge in [0.15, 0.2) is 17.3 Å². The number of rotatable bonds is 11. The Labute approximate surface area is 313 Å². The van der Waals surface area contributed by atoms with E-state index in [9.17, 15) is 14.0 Å². The Bertz CT molecular complexity index is 2000. The van der Waals surface area contributed by atoms with Crippen LogP contribution in [0.15, 0.2) is 85.1 Å². The summed E-state index contributed by atoms with van der Waals surface area (Å²) in [7, 11) is 0. The van der Waals surface area contributed by atoms with Crippen molar-refractivity contribution in [3.05, 3.63) is 129 Å². The number of benzene rings is 3. The molecule has 270 valence electrons. The van der Waals surface area contributed by atoms with Gasteiger partial charge in [-0.05, 0) is 112 Å². The molecule has 4 aromatic rings. The molecule has 3 aliphatic rings. The number of likely N-dealkylation sites (tertiary alicyclic amines) is 2. The minimum absolute atomic E-state index is 0.0371. The van der Waals surface area contributed by atoms with Gasteiger partial charge in [0, 0.05) is 36.0 Å². The van der Waals surface area contributed by atoms with Gasteiger partial charge < -0.3 is 23.8 Å². The first kappa shape index (κ1) is 35.9. The molecular formula is C41H41Cl2FN4O4. The van der Waals surface area contributed by atoms with E-state index in [1.165, 1.54) is 12.1 Å². The molecular weight excluding hydrogens is 702 g/mol. The predicted molar refractivity (Wildman–Crippen MR) is 201 cm³/mol. The minimum Gasteiger partial charge on any atom is -0.454 e. The fraction of sp³-hybridized carbons (Fsp3) is 0.341. The van der Waals surface area contributed by atoms with Gasteiger partial charge in [0.25, 0.3) is 5.91 Å². The maximum Gasteiger partial charge on any atom is 0.255 e. The molecule has 1 amide bonds. The number of hydrogen-bond acceptors (Lipinski definition) is 6. The standard InChI is InChI=1S/C41H41Cl2FN4O4/c1-2-3-4-5-33-24-45-39(48(33)25-28-6-10-32(44)11-7-28)38(49)29-14-18-46(19-15-29)20-16-41(30-8-13-36-37(22-30)52-27-51-36)17-21-47(26-41)40(50)34-12-9-31(42)23-35(34)43/h2-13,22-24,29H,14-21,25-27H2,1H3. The molecule has 0 aliphatic carbocycles. The molecule has 1 aromatic heterocycles. The van der Waals surface area contributed by atoms with Gasteiger partial charge in [0.05, 0.1) is 22.5 Å². The van der Waals surface area contributed by atoms with E-state index in [0.29, 0.717) is 41.1 Å². The first-order chi connectivity index (χ1) is 25.2. The number of ketones is 1. The van der Waals surface area contributed by atoms with Crippen molar-refractivity contribution in [1.82, 2.24) is 19.4 Å². The van der Waals surface area contributed by atoms with Crippen LogP contribution in [-0.2, 0) is 12.0 Å². The average Bonchev–Trinajstić information content (AvgIpc) is 3.91. The normalized spacial score (nSPS) is 19.3. The van der Waals surface area contributed by atoms with Crippen molar-refractivity contribution in [2.75, 3.05) is 39.5 Å². The Morgan fingerprint density at radius 3 is 2.54 bits per heavy atom. The highest BCUT2D eigenvalue weighted by molar-refractivity contribution is 6.36. The van der Waals surface area contributed by atoms with Crippen LogP contribution in [0.3, 0.4) is 0 Å². The van der Waals surface area contributed by atoms with Gasteiger partial charge in [-0.3, -0.25) is 9.59 Å². The quantitative estimate of drug-likeness (QED) is 0.113. The highest BCUT2D eigenvalue weighted by Gasteiger charge is 2.43. The van der Waals surface area contributed by atoms with E-state index in [0.717, 1.165) is 73.6 Å². The van der Waals surface area contributed by atoms with Crippen molar-refractivity contribution in [3.63, 3.8) is 0 Å². The van der Waals surface area contributed by atoms with Crippen molar-refractivity contribution in [3.8, 4) is 11.5 Å². The Morgan fingerprint density at radius 1 is 0.981 bits per heavy atom. The van der Waals surface area contributed by atoms with Crippen LogP contribution in [0.5, 0.6) is 11.5 Å². The van der Waals surface area contributed by atoms with Crippen molar-refractivity contribution in [1.29, 1.82) is 0 Å². The summed E-state index contributed by atoms with van der Waals surface area (Å²) < 4.78 is 26.9. The molecule has 4 heterocycles. The lowest BCUT2D eigenvalue weighted by atomic mass is 9.76. The van der Waals surface area contributed by atoms with E-state index in [2.05, 4.69) is 22.0 Å². The van der Waals surface area contributed by atoms with Crippen LogP contribution in [0.2, 0.25) is 10.0 Å². The van der Waals surface area contributed by atoms with Crippen molar-refractivity contribution >= 4 is 41.0 Å². The molecule has 0 spiro atoms. The molecule has 0 bridgehead atoms. The summed E-state index contributed by atoms with van der Waals surface area (Å²) in [5.41, 5.74) is 2.97. The number of aromatic nitrogens is 2. The molecule has 0 N–H and O–H groups in total. The van der Waals surface area contributed by atoms with E-state index in [1.54, 1.807) is 36.5 Å². The summed E-state index contributed by atoms with van der Waals surface area (Å²) in [5, 5.41) is 0.829.